The van der Waals surface area contributed by atoms with Crippen molar-refractivity contribution in [3.63, 3.8) is 0 Å². The third kappa shape index (κ3) is 4.24. The Labute approximate surface area is 123 Å². The monoisotopic (exact) mass is 320 g/mol. The third-order valence-electron chi connectivity index (χ3n) is 2.57. The summed E-state index contributed by atoms with van der Waals surface area (Å²) in [5.74, 6) is -1.24. The average Bonchev–Trinajstić information content (AvgIpc) is 2.79. The van der Waals surface area contributed by atoms with Crippen LogP contribution in [0.25, 0.3) is 6.20 Å². The summed E-state index contributed by atoms with van der Waals surface area (Å²) in [5.41, 5.74) is 1.87. The molecule has 0 unspecified atom stereocenters. The van der Waals surface area contributed by atoms with Gasteiger partial charge in [0, 0.05) is 6.20 Å². The van der Waals surface area contributed by atoms with Gasteiger partial charge in [-0.25, -0.2) is 9.48 Å². The highest BCUT2D eigenvalue weighted by atomic mass is 19.4. The van der Waals surface area contributed by atoms with Crippen LogP contribution in [0.15, 0.2) is 12.3 Å². The number of primary amides is 1. The van der Waals surface area contributed by atoms with Gasteiger partial charge in [0.05, 0.1) is 24.4 Å². The third-order valence-corrected chi connectivity index (χ3v) is 2.57. The molecule has 0 aliphatic rings. The summed E-state index contributed by atoms with van der Waals surface area (Å²) in [5, 5.41) is 5.87. The van der Waals surface area contributed by atoms with E-state index < -0.39 is 35.0 Å². The predicted molar refractivity (Wildman–Crippen MR) is 70.7 cm³/mol. The fourth-order valence-electron chi connectivity index (χ4n) is 1.55. The number of alkyl carbamates (subject to hydrolysis) is 1. The van der Waals surface area contributed by atoms with Gasteiger partial charge in [0.25, 0.3) is 5.91 Å². The molecule has 0 radical (unpaired) electrons. The first-order chi connectivity index (χ1) is 9.98. The van der Waals surface area contributed by atoms with Crippen molar-refractivity contribution in [1.82, 2.24) is 15.1 Å². The molecule has 0 aromatic carbocycles. The summed E-state index contributed by atoms with van der Waals surface area (Å²) < 4.78 is 43.9. The van der Waals surface area contributed by atoms with E-state index in [-0.39, 0.29) is 0 Å². The number of rotatable bonds is 4. The van der Waals surface area contributed by atoms with Gasteiger partial charge in [-0.15, -0.1) is 0 Å². The van der Waals surface area contributed by atoms with E-state index in [9.17, 15) is 22.8 Å². The highest BCUT2D eigenvalue weighted by Gasteiger charge is 2.39. The molecule has 10 heteroatoms. The lowest BCUT2D eigenvalue weighted by molar-refractivity contribution is -0.142. The van der Waals surface area contributed by atoms with Crippen LogP contribution in [0.3, 0.4) is 0 Å². The number of ether oxygens (including phenoxy) is 1. The lowest BCUT2D eigenvalue weighted by Gasteiger charge is -2.21. The molecule has 1 aromatic heterocycles. The number of aromatic nitrogens is 2. The Balaban J connectivity index is 3.16. The van der Waals surface area contributed by atoms with Gasteiger partial charge >= 0.3 is 12.3 Å². The summed E-state index contributed by atoms with van der Waals surface area (Å²) in [6.07, 6.45) is -2.59. The minimum absolute atomic E-state index is 0.473. The van der Waals surface area contributed by atoms with Crippen molar-refractivity contribution in [2.75, 3.05) is 7.11 Å². The molecule has 0 aliphatic heterocycles. The molecule has 22 heavy (non-hydrogen) atoms. The second-order valence-corrected chi connectivity index (χ2v) is 4.87. The van der Waals surface area contributed by atoms with E-state index in [0.717, 1.165) is 19.5 Å². The molecule has 0 spiro atoms. The van der Waals surface area contributed by atoms with Crippen LogP contribution in [-0.4, -0.2) is 34.4 Å². The van der Waals surface area contributed by atoms with Gasteiger partial charge in [0.15, 0.2) is 5.69 Å². The lowest BCUT2D eigenvalue weighted by atomic mass is 10.1. The van der Waals surface area contributed by atoms with Crippen molar-refractivity contribution in [3.05, 3.63) is 23.5 Å². The molecule has 0 bridgehead atoms. The summed E-state index contributed by atoms with van der Waals surface area (Å²) in [4.78, 5) is 22.2. The van der Waals surface area contributed by atoms with Gasteiger partial charge in [-0.05, 0) is 19.9 Å². The molecular weight excluding hydrogens is 305 g/mol. The van der Waals surface area contributed by atoms with Gasteiger partial charge in [0.2, 0.25) is 0 Å². The molecular formula is C12H15F3N4O3. The van der Waals surface area contributed by atoms with Crippen molar-refractivity contribution in [2.24, 2.45) is 5.73 Å². The van der Waals surface area contributed by atoms with Crippen molar-refractivity contribution in [3.8, 4) is 0 Å². The van der Waals surface area contributed by atoms with E-state index in [0.29, 0.717) is 4.68 Å². The van der Waals surface area contributed by atoms with Gasteiger partial charge in [0.1, 0.15) is 0 Å². The Morgan fingerprint density at radius 3 is 2.45 bits per heavy atom. The number of nitrogens with zero attached hydrogens (tertiary/aromatic N) is 2. The molecule has 7 nitrogen and oxygen atoms in total. The lowest BCUT2D eigenvalue weighted by Crippen LogP contribution is -2.41. The van der Waals surface area contributed by atoms with Crippen molar-refractivity contribution < 1.29 is 27.5 Å². The normalized spacial score (nSPS) is 12.5. The van der Waals surface area contributed by atoms with Crippen molar-refractivity contribution in [1.29, 1.82) is 0 Å². The van der Waals surface area contributed by atoms with Crippen LogP contribution in [0.4, 0.5) is 18.0 Å². The average molecular weight is 320 g/mol. The summed E-state index contributed by atoms with van der Waals surface area (Å²) in [6, 6.07) is 0. The zero-order valence-electron chi connectivity index (χ0n) is 12.1. The van der Waals surface area contributed by atoms with Crippen LogP contribution in [0, 0.1) is 0 Å². The maximum atomic E-state index is 13.0. The highest BCUT2D eigenvalue weighted by molar-refractivity contribution is 5.94. The minimum Gasteiger partial charge on any atom is -0.453 e. The summed E-state index contributed by atoms with van der Waals surface area (Å²) in [7, 11) is 1.16. The molecule has 0 aliphatic carbocycles. The molecule has 0 saturated carbocycles. The Hall–Kier alpha value is -2.52. The first kappa shape index (κ1) is 17.5. The zero-order valence-corrected chi connectivity index (χ0v) is 12.1. The summed E-state index contributed by atoms with van der Waals surface area (Å²) in [6.45, 7) is 3.07. The van der Waals surface area contributed by atoms with Crippen molar-refractivity contribution in [2.45, 2.75) is 25.6 Å². The van der Waals surface area contributed by atoms with Gasteiger partial charge in [-0.2, -0.15) is 18.3 Å². The highest BCUT2D eigenvalue weighted by Crippen LogP contribution is 2.32. The number of halogens is 3. The zero-order chi connectivity index (χ0) is 17.1. The number of alkyl halides is 3. The van der Waals surface area contributed by atoms with Crippen LogP contribution in [-0.2, 0) is 10.9 Å². The Kier molecular flexibility index (Phi) is 4.84. The van der Waals surface area contributed by atoms with Gasteiger partial charge in [-0.1, -0.05) is 0 Å². The Morgan fingerprint density at radius 1 is 1.41 bits per heavy atom. The van der Waals surface area contributed by atoms with E-state index in [1.165, 1.54) is 19.9 Å². The number of hydrogen-bond donors (Lipinski definition) is 2. The molecule has 0 saturated heterocycles. The fourth-order valence-corrected chi connectivity index (χ4v) is 1.55. The summed E-state index contributed by atoms with van der Waals surface area (Å²) >= 11 is 0. The Bertz CT molecular complexity index is 605. The largest absolute Gasteiger partial charge is 0.453 e. The number of nitrogens with two attached hydrogens (primary N) is 1. The fraction of sp³-hybridized carbons (Fsp3) is 0.417. The maximum absolute atomic E-state index is 13.0. The topological polar surface area (TPSA) is 99.2 Å². The SMILES string of the molecule is COC(=O)NC(C)(C)/C=C/n1ncc(C(N)=O)c1C(F)(F)F. The second kappa shape index (κ2) is 6.08. The maximum Gasteiger partial charge on any atom is 0.434 e. The predicted octanol–water partition coefficient (Wildman–Crippen LogP) is 1.61. The van der Waals surface area contributed by atoms with E-state index in [2.05, 4.69) is 15.2 Å². The molecule has 0 atom stereocenters. The van der Waals surface area contributed by atoms with E-state index in [4.69, 9.17) is 5.73 Å². The van der Waals surface area contributed by atoms with E-state index in [1.54, 1.807) is 0 Å². The first-order valence-corrected chi connectivity index (χ1v) is 5.98. The standard InChI is InChI=1S/C12H15F3N4O3/c1-11(2,18-10(21)22-3)4-5-19-8(12(13,14)15)7(6-17-19)9(16)20/h4-6H,1-3H3,(H2,16,20)(H,18,21)/b5-4+. The number of carbonyl (C=O) groups is 2. The van der Waals surface area contributed by atoms with Gasteiger partial charge in [-0.3, -0.25) is 4.79 Å². The smallest absolute Gasteiger partial charge is 0.434 e. The molecule has 122 valence electrons. The molecule has 1 aromatic rings. The number of methoxy groups -OCH3 is 1. The Morgan fingerprint density at radius 2 is 2.00 bits per heavy atom. The second-order valence-electron chi connectivity index (χ2n) is 4.87. The van der Waals surface area contributed by atoms with Gasteiger partial charge < -0.3 is 15.8 Å². The molecule has 3 N–H and O–H groups in total. The first-order valence-electron chi connectivity index (χ1n) is 5.98. The molecule has 2 amide bonds. The quantitative estimate of drug-likeness (QED) is 0.880. The van der Waals surface area contributed by atoms with Crippen LogP contribution in [0.5, 0.6) is 0 Å². The van der Waals surface area contributed by atoms with Crippen LogP contribution >= 0.6 is 0 Å². The molecule has 1 heterocycles. The van der Waals surface area contributed by atoms with E-state index >= 15 is 0 Å². The van der Waals surface area contributed by atoms with Crippen LogP contribution in [0.1, 0.15) is 29.9 Å². The van der Waals surface area contributed by atoms with E-state index in [1.807, 2.05) is 0 Å². The minimum atomic E-state index is -4.81. The van der Waals surface area contributed by atoms with Crippen molar-refractivity contribution >= 4 is 18.2 Å². The molecule has 1 rings (SSSR count). The van der Waals surface area contributed by atoms with Crippen LogP contribution in [0.2, 0.25) is 0 Å². The number of carbonyl (C=O) groups excluding carboxylic acids is 2. The number of nitrogens with one attached hydrogen (secondary N) is 1. The number of amides is 2. The molecule has 0 fully saturated rings. The number of hydrogen-bond acceptors (Lipinski definition) is 4. The van der Waals surface area contributed by atoms with Crippen LogP contribution < -0.4 is 11.1 Å².